The van der Waals surface area contributed by atoms with E-state index in [1.807, 2.05) is 0 Å². The zero-order valence-corrected chi connectivity index (χ0v) is 30.6. The first-order valence-electron chi connectivity index (χ1n) is 14.5. The van der Waals surface area contributed by atoms with Gasteiger partial charge in [0.1, 0.15) is 16.3 Å². The fourth-order valence-corrected chi connectivity index (χ4v) is 7.48. The number of nitrogens with one attached hydrogen (secondary N) is 2. The van der Waals surface area contributed by atoms with E-state index >= 15 is 0 Å². The first-order valence-corrected chi connectivity index (χ1v) is 19.2. The van der Waals surface area contributed by atoms with Gasteiger partial charge < -0.3 is 20.8 Å². The molecule has 0 aliphatic carbocycles. The van der Waals surface area contributed by atoms with Crippen molar-refractivity contribution in [3.05, 3.63) is 78.1 Å². The number of azo groups is 1. The lowest BCUT2D eigenvalue weighted by Crippen LogP contribution is -2.05. The average Bonchev–Trinajstić information content (AvgIpc) is 3.12. The molecule has 21 nitrogen and oxygen atoms in total. The van der Waals surface area contributed by atoms with E-state index in [4.69, 9.17) is 22.1 Å². The molecule has 6 rings (SSSR count). The molecule has 0 bridgehead atoms. The van der Waals surface area contributed by atoms with Crippen molar-refractivity contribution in [1.29, 1.82) is 0 Å². The number of anilines is 4. The third-order valence-corrected chi connectivity index (χ3v) is 10.4. The van der Waals surface area contributed by atoms with Crippen LogP contribution in [0.2, 0.25) is 5.28 Å². The molecular formula is C29H20ClN7O14S4. The van der Waals surface area contributed by atoms with Gasteiger partial charge in [0.15, 0.2) is 11.5 Å². The van der Waals surface area contributed by atoms with E-state index in [9.17, 15) is 36.2 Å². The normalized spacial score (nSPS) is 12.2. The minimum Gasteiger partial charge on any atom is -0.505 e. The van der Waals surface area contributed by atoms with Crippen LogP contribution in [0.5, 0.6) is 11.5 Å². The molecular weight excluding hydrogens is 834 g/mol. The Kier molecular flexibility index (Phi) is 11.8. The van der Waals surface area contributed by atoms with Gasteiger partial charge in [0.05, 0.1) is 44.5 Å². The number of hydrogen-bond donors (Lipinski definition) is 8. The van der Waals surface area contributed by atoms with Crippen molar-refractivity contribution < 1.29 is 65.4 Å². The number of rotatable bonds is 14. The van der Waals surface area contributed by atoms with Crippen molar-refractivity contribution in [2.24, 2.45) is 10.2 Å². The molecule has 0 atom stereocenters. The maximum absolute atomic E-state index is 12.4. The molecule has 0 aliphatic heterocycles. The van der Waals surface area contributed by atoms with E-state index in [1.165, 1.54) is 24.3 Å². The van der Waals surface area contributed by atoms with Crippen LogP contribution >= 0.6 is 35.7 Å². The molecule has 6 aromatic rings. The molecule has 8 N–H and O–H groups in total. The Labute approximate surface area is 321 Å². The Morgan fingerprint density at radius 2 is 1.38 bits per heavy atom. The van der Waals surface area contributed by atoms with Crippen LogP contribution in [-0.2, 0) is 39.0 Å². The number of phenols is 2. The lowest BCUT2D eigenvalue weighted by molar-refractivity contribution is -0.432. The fourth-order valence-electron chi connectivity index (χ4n) is 5.05. The van der Waals surface area contributed by atoms with E-state index in [0.717, 1.165) is 18.2 Å². The SMILES string of the molecule is O=S(=O)(O)c1cc(Nc2nc(Cl)nc(Nc3ccccc3)n2)c2c(O)c(N=Nc3cc(S(=O)(=O)O)c4cccc(SOOO)c4c3O)c(SOOO)cc2c1. The summed E-state index contributed by atoms with van der Waals surface area (Å²) in [7, 11) is -9.89. The van der Waals surface area contributed by atoms with Gasteiger partial charge in [-0.1, -0.05) is 40.4 Å². The molecule has 0 fully saturated rings. The second kappa shape index (κ2) is 16.4. The topological polar surface area (TPSA) is 314 Å². The highest BCUT2D eigenvalue weighted by Gasteiger charge is 2.25. The number of nitrogens with zero attached hydrogens (tertiary/aromatic N) is 5. The number of hydrogen-bond acceptors (Lipinski definition) is 21. The maximum Gasteiger partial charge on any atom is 0.295 e. The summed E-state index contributed by atoms with van der Waals surface area (Å²) < 4.78 is 78.4. The highest BCUT2D eigenvalue weighted by atomic mass is 35.5. The number of benzene rings is 5. The van der Waals surface area contributed by atoms with Crippen molar-refractivity contribution in [2.75, 3.05) is 10.6 Å². The molecule has 0 saturated heterocycles. The number of phenolic OH excluding ortho intramolecular Hbond substituents is 2. The first kappa shape index (κ1) is 39.7. The van der Waals surface area contributed by atoms with Gasteiger partial charge >= 0.3 is 0 Å². The highest BCUT2D eigenvalue weighted by Crippen LogP contribution is 2.49. The van der Waals surface area contributed by atoms with Crippen LogP contribution in [-0.4, -0.2) is 61.6 Å². The summed E-state index contributed by atoms with van der Waals surface area (Å²) in [6, 6.07) is 16.4. The van der Waals surface area contributed by atoms with Crippen LogP contribution in [0, 0.1) is 0 Å². The third kappa shape index (κ3) is 8.95. The standard InChI is InChI=1S/C29H20ClN7O14S4/c30-27-33-28(31-14-5-2-1-3-6-14)35-29(34-27)32-17-11-15(54(42,43)44)9-13-10-20(53-51-49-41)24(26(39)22(13)17)37-36-18-12-21(55(45,46)47)16-7-4-8-19(52-50-48-40)23(16)25(18)38/h1-12,38-41H,(H,42,43,44)(H,45,46,47)(H2,31,32,33,34,35). The molecule has 286 valence electrons. The van der Waals surface area contributed by atoms with Gasteiger partial charge in [-0.15, -0.1) is 18.9 Å². The van der Waals surface area contributed by atoms with Gasteiger partial charge in [-0.3, -0.25) is 9.11 Å². The van der Waals surface area contributed by atoms with E-state index < -0.39 is 52.9 Å². The molecule has 0 aliphatic rings. The smallest absolute Gasteiger partial charge is 0.295 e. The third-order valence-electron chi connectivity index (χ3n) is 7.19. The summed E-state index contributed by atoms with van der Waals surface area (Å²) in [6.07, 6.45) is 0. The zero-order valence-electron chi connectivity index (χ0n) is 26.6. The second-order valence-electron chi connectivity index (χ2n) is 10.5. The Morgan fingerprint density at radius 1 is 0.709 bits per heavy atom. The van der Waals surface area contributed by atoms with Crippen molar-refractivity contribution in [1.82, 2.24) is 15.0 Å². The first-order chi connectivity index (χ1) is 26.2. The molecule has 26 heteroatoms. The van der Waals surface area contributed by atoms with Crippen molar-refractivity contribution >= 4 is 112 Å². The van der Waals surface area contributed by atoms with Crippen LogP contribution < -0.4 is 10.6 Å². The number of aromatic nitrogens is 3. The summed E-state index contributed by atoms with van der Waals surface area (Å²) in [5.41, 5.74) is -0.779. The lowest BCUT2D eigenvalue weighted by atomic mass is 10.1. The van der Waals surface area contributed by atoms with E-state index in [2.05, 4.69) is 54.6 Å². The molecule has 55 heavy (non-hydrogen) atoms. The van der Waals surface area contributed by atoms with E-state index in [-0.39, 0.29) is 66.2 Å². The summed E-state index contributed by atoms with van der Waals surface area (Å²) >= 11 is 6.74. The van der Waals surface area contributed by atoms with Crippen LogP contribution in [0.4, 0.5) is 34.6 Å². The van der Waals surface area contributed by atoms with Gasteiger partial charge in [-0.2, -0.15) is 31.8 Å². The number of halogens is 1. The molecule has 0 radical (unpaired) electrons. The molecule has 5 aromatic carbocycles. The van der Waals surface area contributed by atoms with Gasteiger partial charge in [0.2, 0.25) is 17.2 Å². The minimum atomic E-state index is -4.99. The largest absolute Gasteiger partial charge is 0.505 e. The summed E-state index contributed by atoms with van der Waals surface area (Å²) in [6.45, 7) is 0. The van der Waals surface area contributed by atoms with Crippen LogP contribution in [0.1, 0.15) is 0 Å². The Morgan fingerprint density at radius 3 is 2.04 bits per heavy atom. The highest BCUT2D eigenvalue weighted by molar-refractivity contribution is 7.95. The predicted molar refractivity (Wildman–Crippen MR) is 194 cm³/mol. The van der Waals surface area contributed by atoms with Crippen LogP contribution in [0.15, 0.2) is 103 Å². The quantitative estimate of drug-likeness (QED) is 0.0173. The van der Waals surface area contributed by atoms with E-state index in [0.29, 0.717) is 17.7 Å². The minimum absolute atomic E-state index is 0.0183. The maximum atomic E-state index is 12.4. The average molecular weight is 854 g/mol. The van der Waals surface area contributed by atoms with Crippen LogP contribution in [0.25, 0.3) is 21.5 Å². The van der Waals surface area contributed by atoms with Crippen molar-refractivity contribution in [2.45, 2.75) is 19.6 Å². The molecule has 0 unspecified atom stereocenters. The summed E-state index contributed by atoms with van der Waals surface area (Å²) in [5.74, 6) is -1.81. The fraction of sp³-hybridized carbons (Fsp3) is 0. The van der Waals surface area contributed by atoms with Crippen molar-refractivity contribution in [3.8, 4) is 11.5 Å². The molecule has 0 saturated carbocycles. The van der Waals surface area contributed by atoms with Gasteiger partial charge in [0.25, 0.3) is 20.2 Å². The molecule has 0 spiro atoms. The monoisotopic (exact) mass is 853 g/mol. The molecule has 1 aromatic heterocycles. The van der Waals surface area contributed by atoms with Crippen molar-refractivity contribution in [3.63, 3.8) is 0 Å². The number of fused-ring (bicyclic) bond motifs is 2. The lowest BCUT2D eigenvalue weighted by Gasteiger charge is -2.15. The van der Waals surface area contributed by atoms with Gasteiger partial charge in [0, 0.05) is 21.8 Å². The second-order valence-corrected chi connectivity index (χ2v) is 15.2. The van der Waals surface area contributed by atoms with Gasteiger partial charge in [-0.05, 0) is 59.5 Å². The molecule has 0 amide bonds. The van der Waals surface area contributed by atoms with Crippen LogP contribution in [0.3, 0.4) is 0 Å². The summed E-state index contributed by atoms with van der Waals surface area (Å²) in [5, 5.41) is 60.2. The summed E-state index contributed by atoms with van der Waals surface area (Å²) in [4.78, 5) is 10.6. The Bertz CT molecular complexity index is 2700. The Balaban J connectivity index is 1.55. The number of para-hydroxylation sites is 1. The molecule has 1 heterocycles. The Hall–Kier alpha value is -5.00. The van der Waals surface area contributed by atoms with E-state index in [1.54, 1.807) is 30.3 Å². The predicted octanol–water partition coefficient (Wildman–Crippen LogP) is 7.50. The van der Waals surface area contributed by atoms with Gasteiger partial charge in [-0.25, -0.2) is 10.5 Å². The zero-order chi connectivity index (χ0) is 39.5. The number of aromatic hydroxyl groups is 2.